The fraction of sp³-hybridized carbons (Fsp3) is 0.308. The Hall–Kier alpha value is -2.55. The van der Waals surface area contributed by atoms with E-state index in [0.717, 1.165) is 15.8 Å². The second kappa shape index (κ2) is 4.61. The maximum Gasteiger partial charge on any atom is 0.436 e. The van der Waals surface area contributed by atoms with E-state index in [4.69, 9.17) is 15.7 Å². The Morgan fingerprint density at radius 1 is 1.58 bits per heavy atom. The van der Waals surface area contributed by atoms with Gasteiger partial charge in [-0.3, -0.25) is 0 Å². The number of nitrogen functional groups attached to an aromatic ring is 1. The van der Waals surface area contributed by atoms with Crippen molar-refractivity contribution in [1.29, 1.82) is 5.26 Å². The minimum absolute atomic E-state index is 0.197. The van der Waals surface area contributed by atoms with E-state index < -0.39 is 6.09 Å². The highest BCUT2D eigenvalue weighted by molar-refractivity contribution is 5.97. The van der Waals surface area contributed by atoms with E-state index in [9.17, 15) is 4.79 Å². The third kappa shape index (κ3) is 1.89. The molecule has 1 heterocycles. The zero-order chi connectivity index (χ0) is 14.2. The Labute approximate surface area is 110 Å². The van der Waals surface area contributed by atoms with Crippen molar-refractivity contribution in [3.05, 3.63) is 22.8 Å². The SMILES string of the molecule is CCOC(=O)n1nc2cc(C)c(C#N)c(C)c2c1N. The highest BCUT2D eigenvalue weighted by Gasteiger charge is 2.19. The summed E-state index contributed by atoms with van der Waals surface area (Å²) in [5.74, 6) is 0.197. The van der Waals surface area contributed by atoms with Gasteiger partial charge in [-0.15, -0.1) is 4.68 Å². The maximum absolute atomic E-state index is 11.7. The number of aromatic nitrogens is 2. The number of nitrogens with zero attached hydrogens (tertiary/aromatic N) is 3. The van der Waals surface area contributed by atoms with Crippen LogP contribution in [0, 0.1) is 25.2 Å². The van der Waals surface area contributed by atoms with Crippen molar-refractivity contribution in [3.63, 3.8) is 0 Å². The van der Waals surface area contributed by atoms with Crippen LogP contribution in [-0.2, 0) is 4.74 Å². The van der Waals surface area contributed by atoms with Crippen LogP contribution in [0.4, 0.5) is 10.6 Å². The molecule has 0 unspecified atom stereocenters. The zero-order valence-electron chi connectivity index (χ0n) is 11.0. The van der Waals surface area contributed by atoms with Crippen molar-refractivity contribution in [1.82, 2.24) is 9.78 Å². The number of aryl methyl sites for hydroxylation is 2. The van der Waals surface area contributed by atoms with Gasteiger partial charge in [-0.05, 0) is 38.0 Å². The standard InChI is InChI=1S/C13H14N4O2/c1-4-19-13(18)17-12(15)11-8(3)9(6-14)7(2)5-10(11)16-17/h5H,4,15H2,1-3H3. The molecule has 0 aliphatic carbocycles. The van der Waals surface area contributed by atoms with E-state index in [0.29, 0.717) is 16.5 Å². The number of benzene rings is 1. The molecule has 0 saturated carbocycles. The van der Waals surface area contributed by atoms with E-state index in [2.05, 4.69) is 11.2 Å². The smallest absolute Gasteiger partial charge is 0.436 e. The lowest BCUT2D eigenvalue weighted by atomic mass is 10.00. The molecule has 0 radical (unpaired) electrons. The predicted octanol–water partition coefficient (Wildman–Crippen LogP) is 2.11. The number of hydrogen-bond acceptors (Lipinski definition) is 5. The molecule has 2 rings (SSSR count). The molecule has 6 nitrogen and oxygen atoms in total. The number of ether oxygens (including phenoxy) is 1. The van der Waals surface area contributed by atoms with Crippen molar-refractivity contribution in [2.45, 2.75) is 20.8 Å². The Balaban J connectivity index is 2.75. The van der Waals surface area contributed by atoms with Crippen molar-refractivity contribution >= 4 is 22.8 Å². The van der Waals surface area contributed by atoms with Gasteiger partial charge in [-0.1, -0.05) is 0 Å². The molecule has 2 aromatic rings. The summed E-state index contributed by atoms with van der Waals surface area (Å²) in [4.78, 5) is 11.7. The molecular weight excluding hydrogens is 244 g/mol. The Kier molecular flexibility index (Phi) is 3.13. The number of hydrogen-bond donors (Lipinski definition) is 1. The molecule has 0 aliphatic rings. The third-order valence-electron chi connectivity index (χ3n) is 3.00. The highest BCUT2D eigenvalue weighted by Crippen LogP contribution is 2.29. The summed E-state index contributed by atoms with van der Waals surface area (Å²) < 4.78 is 5.91. The fourth-order valence-corrected chi connectivity index (χ4v) is 2.13. The third-order valence-corrected chi connectivity index (χ3v) is 3.00. The minimum atomic E-state index is -0.619. The van der Waals surface area contributed by atoms with Gasteiger partial charge in [0.25, 0.3) is 0 Å². The summed E-state index contributed by atoms with van der Waals surface area (Å²) in [6.07, 6.45) is -0.619. The summed E-state index contributed by atoms with van der Waals surface area (Å²) >= 11 is 0. The van der Waals surface area contributed by atoms with Gasteiger partial charge in [0, 0.05) is 5.39 Å². The number of rotatable bonds is 1. The molecule has 98 valence electrons. The topological polar surface area (TPSA) is 93.9 Å². The zero-order valence-corrected chi connectivity index (χ0v) is 11.0. The fourth-order valence-electron chi connectivity index (χ4n) is 2.13. The number of carbonyl (C=O) groups is 1. The molecule has 0 fully saturated rings. The molecule has 1 aromatic heterocycles. The quantitative estimate of drug-likeness (QED) is 0.845. The number of carbonyl (C=O) groups excluding carboxylic acids is 1. The van der Waals surface area contributed by atoms with Gasteiger partial charge in [0.2, 0.25) is 0 Å². The van der Waals surface area contributed by atoms with Gasteiger partial charge in [0.05, 0.1) is 23.8 Å². The molecule has 0 spiro atoms. The van der Waals surface area contributed by atoms with Gasteiger partial charge in [0.15, 0.2) is 0 Å². The minimum Gasteiger partial charge on any atom is -0.448 e. The normalized spacial score (nSPS) is 10.4. The monoisotopic (exact) mass is 258 g/mol. The average molecular weight is 258 g/mol. The first-order valence-corrected chi connectivity index (χ1v) is 5.86. The summed E-state index contributed by atoms with van der Waals surface area (Å²) in [7, 11) is 0. The number of nitriles is 1. The van der Waals surface area contributed by atoms with Crippen molar-refractivity contribution in [3.8, 4) is 6.07 Å². The molecule has 6 heteroatoms. The second-order valence-electron chi connectivity index (χ2n) is 4.20. The van der Waals surface area contributed by atoms with E-state index in [1.54, 1.807) is 19.9 Å². The van der Waals surface area contributed by atoms with Crippen molar-refractivity contribution in [2.75, 3.05) is 12.3 Å². The molecule has 0 bridgehead atoms. The summed E-state index contributed by atoms with van der Waals surface area (Å²) in [5, 5.41) is 13.9. The van der Waals surface area contributed by atoms with Crippen LogP contribution in [-0.4, -0.2) is 22.5 Å². The van der Waals surface area contributed by atoms with E-state index >= 15 is 0 Å². The lowest BCUT2D eigenvalue weighted by molar-refractivity contribution is 0.151. The van der Waals surface area contributed by atoms with Crippen LogP contribution < -0.4 is 5.73 Å². The van der Waals surface area contributed by atoms with Crippen LogP contribution in [0.15, 0.2) is 6.07 Å². The van der Waals surface area contributed by atoms with Crippen molar-refractivity contribution in [2.24, 2.45) is 0 Å². The summed E-state index contributed by atoms with van der Waals surface area (Å²) in [5.41, 5.74) is 8.61. The summed E-state index contributed by atoms with van der Waals surface area (Å²) in [6.45, 7) is 5.57. The van der Waals surface area contributed by atoms with Gasteiger partial charge < -0.3 is 10.5 Å². The van der Waals surface area contributed by atoms with Crippen LogP contribution in [0.1, 0.15) is 23.6 Å². The predicted molar refractivity (Wildman–Crippen MR) is 70.8 cm³/mol. The first-order chi connectivity index (χ1) is 9.01. The van der Waals surface area contributed by atoms with E-state index in [1.807, 2.05) is 6.92 Å². The first kappa shape index (κ1) is 12.9. The van der Waals surface area contributed by atoms with E-state index in [-0.39, 0.29) is 12.4 Å². The summed E-state index contributed by atoms with van der Waals surface area (Å²) in [6, 6.07) is 3.88. The lowest BCUT2D eigenvalue weighted by Crippen LogP contribution is -2.17. The number of anilines is 1. The molecule has 0 atom stereocenters. The molecule has 19 heavy (non-hydrogen) atoms. The van der Waals surface area contributed by atoms with Crippen LogP contribution >= 0.6 is 0 Å². The van der Waals surface area contributed by atoms with Gasteiger partial charge in [-0.25, -0.2) is 4.79 Å². The molecule has 2 N–H and O–H groups in total. The number of fused-ring (bicyclic) bond motifs is 1. The van der Waals surface area contributed by atoms with Crippen LogP contribution in [0.3, 0.4) is 0 Å². The Bertz CT molecular complexity index is 710. The molecule has 0 saturated heterocycles. The Morgan fingerprint density at radius 3 is 2.84 bits per heavy atom. The van der Waals surface area contributed by atoms with Crippen LogP contribution in [0.5, 0.6) is 0 Å². The lowest BCUT2D eigenvalue weighted by Gasteiger charge is -2.04. The van der Waals surface area contributed by atoms with Crippen LogP contribution in [0.25, 0.3) is 10.9 Å². The molecular formula is C13H14N4O2. The van der Waals surface area contributed by atoms with Gasteiger partial charge in [0.1, 0.15) is 5.82 Å². The Morgan fingerprint density at radius 2 is 2.26 bits per heavy atom. The molecule has 1 aromatic carbocycles. The largest absolute Gasteiger partial charge is 0.448 e. The van der Waals surface area contributed by atoms with E-state index in [1.165, 1.54) is 0 Å². The number of nitrogens with two attached hydrogens (primary N) is 1. The van der Waals surface area contributed by atoms with Crippen molar-refractivity contribution < 1.29 is 9.53 Å². The maximum atomic E-state index is 11.7. The first-order valence-electron chi connectivity index (χ1n) is 5.86. The molecule has 0 aliphatic heterocycles. The highest BCUT2D eigenvalue weighted by atomic mass is 16.6. The average Bonchev–Trinajstić information content (AvgIpc) is 2.67. The van der Waals surface area contributed by atoms with Gasteiger partial charge >= 0.3 is 6.09 Å². The van der Waals surface area contributed by atoms with Crippen LogP contribution in [0.2, 0.25) is 0 Å². The second-order valence-corrected chi connectivity index (χ2v) is 4.20. The van der Waals surface area contributed by atoms with Gasteiger partial charge in [-0.2, -0.15) is 10.4 Å². The molecule has 0 amide bonds.